The van der Waals surface area contributed by atoms with Crippen LogP contribution in [0.1, 0.15) is 31.7 Å². The fourth-order valence-corrected chi connectivity index (χ4v) is 2.66. The minimum absolute atomic E-state index is 0.00115. The average molecular weight is 280 g/mol. The van der Waals surface area contributed by atoms with Gasteiger partial charge in [0, 0.05) is 12.6 Å². The highest BCUT2D eigenvalue weighted by atomic mass is 19.1. The molecule has 1 aromatic rings. The van der Waals surface area contributed by atoms with Crippen LogP contribution in [0.5, 0.6) is 5.75 Å². The van der Waals surface area contributed by atoms with Crippen LogP contribution in [-0.2, 0) is 6.42 Å². The van der Waals surface area contributed by atoms with E-state index in [-0.39, 0.29) is 11.9 Å². The molecule has 2 rings (SSSR count). The number of halogens is 1. The highest BCUT2D eigenvalue weighted by Gasteiger charge is 2.11. The van der Waals surface area contributed by atoms with Gasteiger partial charge in [-0.2, -0.15) is 0 Å². The molecule has 0 aromatic heterocycles. The molecule has 0 radical (unpaired) electrons. The summed E-state index contributed by atoms with van der Waals surface area (Å²) >= 11 is 0. The summed E-state index contributed by atoms with van der Waals surface area (Å²) in [7, 11) is 0. The Morgan fingerprint density at radius 1 is 1.30 bits per heavy atom. The molecule has 1 unspecified atom stereocenters. The number of ether oxygens (including phenoxy) is 1. The van der Waals surface area contributed by atoms with Gasteiger partial charge < -0.3 is 10.5 Å². The number of likely N-dealkylation sites (tertiary alicyclic amines) is 1. The van der Waals surface area contributed by atoms with Gasteiger partial charge in [0.2, 0.25) is 0 Å². The maximum Gasteiger partial charge on any atom is 0.123 e. The normalized spacial score (nSPS) is 17.9. The molecular weight excluding hydrogens is 255 g/mol. The van der Waals surface area contributed by atoms with Crippen molar-refractivity contribution >= 4 is 0 Å². The number of benzene rings is 1. The predicted octanol–water partition coefficient (Wildman–Crippen LogP) is 2.58. The third kappa shape index (κ3) is 4.76. The Morgan fingerprint density at radius 3 is 2.75 bits per heavy atom. The summed E-state index contributed by atoms with van der Waals surface area (Å²) in [5.41, 5.74) is 6.66. The van der Waals surface area contributed by atoms with Gasteiger partial charge in [0.15, 0.2) is 0 Å². The highest BCUT2D eigenvalue weighted by molar-refractivity contribution is 5.34. The molecule has 0 bridgehead atoms. The van der Waals surface area contributed by atoms with E-state index in [2.05, 4.69) is 4.90 Å². The first-order valence-electron chi connectivity index (χ1n) is 7.54. The van der Waals surface area contributed by atoms with E-state index in [9.17, 15) is 4.39 Å². The molecule has 1 fully saturated rings. The van der Waals surface area contributed by atoms with E-state index in [4.69, 9.17) is 10.5 Å². The van der Waals surface area contributed by atoms with E-state index < -0.39 is 0 Å². The van der Waals surface area contributed by atoms with Crippen LogP contribution >= 0.6 is 0 Å². The summed E-state index contributed by atoms with van der Waals surface area (Å²) in [5.74, 6) is 0.532. The molecule has 3 nitrogen and oxygen atoms in total. The molecule has 20 heavy (non-hydrogen) atoms. The molecule has 2 N–H and O–H groups in total. The van der Waals surface area contributed by atoms with Crippen LogP contribution < -0.4 is 10.5 Å². The molecule has 1 aliphatic rings. The number of hydrogen-bond donors (Lipinski definition) is 1. The van der Waals surface area contributed by atoms with Crippen LogP contribution in [0.15, 0.2) is 18.2 Å². The van der Waals surface area contributed by atoms with Gasteiger partial charge in [0.1, 0.15) is 18.2 Å². The maximum absolute atomic E-state index is 13.3. The zero-order valence-electron chi connectivity index (χ0n) is 12.3. The van der Waals surface area contributed by atoms with Crippen molar-refractivity contribution in [2.75, 3.05) is 26.2 Å². The summed E-state index contributed by atoms with van der Waals surface area (Å²) in [4.78, 5) is 2.43. The molecule has 1 heterocycles. The van der Waals surface area contributed by atoms with Crippen LogP contribution in [0.25, 0.3) is 0 Å². The SMILES string of the molecule is CC(N)Cc1cc(F)ccc1OCCN1CCCCC1. The first-order chi connectivity index (χ1) is 9.65. The molecule has 1 saturated heterocycles. The van der Waals surface area contributed by atoms with E-state index >= 15 is 0 Å². The molecule has 1 aliphatic heterocycles. The Hall–Kier alpha value is -1.13. The van der Waals surface area contributed by atoms with Crippen LogP contribution in [0.2, 0.25) is 0 Å². The smallest absolute Gasteiger partial charge is 0.123 e. The van der Waals surface area contributed by atoms with Gasteiger partial charge in [0.25, 0.3) is 0 Å². The second kappa shape index (κ2) is 7.60. The number of hydrogen-bond acceptors (Lipinski definition) is 3. The van der Waals surface area contributed by atoms with Crippen molar-refractivity contribution in [1.82, 2.24) is 4.90 Å². The van der Waals surface area contributed by atoms with Crippen LogP contribution in [0.3, 0.4) is 0 Å². The van der Waals surface area contributed by atoms with Crippen molar-refractivity contribution in [1.29, 1.82) is 0 Å². The van der Waals surface area contributed by atoms with Crippen molar-refractivity contribution < 1.29 is 9.13 Å². The van der Waals surface area contributed by atoms with Gasteiger partial charge in [-0.1, -0.05) is 6.42 Å². The van der Waals surface area contributed by atoms with Crippen molar-refractivity contribution in [3.63, 3.8) is 0 Å². The van der Waals surface area contributed by atoms with Crippen LogP contribution in [0.4, 0.5) is 4.39 Å². The van der Waals surface area contributed by atoms with Gasteiger partial charge >= 0.3 is 0 Å². The Balaban J connectivity index is 1.87. The van der Waals surface area contributed by atoms with E-state index in [0.717, 1.165) is 17.9 Å². The lowest BCUT2D eigenvalue weighted by Gasteiger charge is -2.26. The fraction of sp³-hybridized carbons (Fsp3) is 0.625. The Labute approximate surface area is 120 Å². The standard InChI is InChI=1S/C16H25FN2O/c1-13(18)11-14-12-15(17)5-6-16(14)20-10-9-19-7-3-2-4-8-19/h5-6,12-13H,2-4,7-11,18H2,1H3. The lowest BCUT2D eigenvalue weighted by atomic mass is 10.1. The minimum Gasteiger partial charge on any atom is -0.492 e. The lowest BCUT2D eigenvalue weighted by molar-refractivity contribution is 0.182. The molecular formula is C16H25FN2O. The molecule has 0 amide bonds. The van der Waals surface area contributed by atoms with Gasteiger partial charge in [-0.15, -0.1) is 0 Å². The number of piperidine rings is 1. The lowest BCUT2D eigenvalue weighted by Crippen LogP contribution is -2.33. The number of nitrogens with two attached hydrogens (primary N) is 1. The van der Waals surface area contributed by atoms with E-state index in [1.807, 2.05) is 6.92 Å². The minimum atomic E-state index is -0.232. The topological polar surface area (TPSA) is 38.5 Å². The summed E-state index contributed by atoms with van der Waals surface area (Å²) in [6.07, 6.45) is 4.55. The highest BCUT2D eigenvalue weighted by Crippen LogP contribution is 2.21. The van der Waals surface area contributed by atoms with Gasteiger partial charge in [0.05, 0.1) is 0 Å². The maximum atomic E-state index is 13.3. The van der Waals surface area contributed by atoms with Gasteiger partial charge in [-0.05, 0) is 63.0 Å². The first kappa shape index (κ1) is 15.3. The predicted molar refractivity (Wildman–Crippen MR) is 79.5 cm³/mol. The van der Waals surface area contributed by atoms with Crippen molar-refractivity contribution in [2.45, 2.75) is 38.6 Å². The Morgan fingerprint density at radius 2 is 2.05 bits per heavy atom. The summed E-state index contributed by atoms with van der Waals surface area (Å²) in [6, 6.07) is 4.69. The van der Waals surface area contributed by atoms with E-state index in [0.29, 0.717) is 13.0 Å². The number of rotatable bonds is 6. The summed E-state index contributed by atoms with van der Waals surface area (Å²) in [6.45, 7) is 5.84. The van der Waals surface area contributed by atoms with E-state index in [1.165, 1.54) is 44.5 Å². The van der Waals surface area contributed by atoms with Crippen molar-refractivity contribution in [3.8, 4) is 5.75 Å². The molecule has 0 aliphatic carbocycles. The fourth-order valence-electron chi connectivity index (χ4n) is 2.66. The Bertz CT molecular complexity index is 417. The van der Waals surface area contributed by atoms with Gasteiger partial charge in [-0.3, -0.25) is 4.90 Å². The molecule has 1 aromatic carbocycles. The third-order valence-electron chi connectivity index (χ3n) is 3.68. The van der Waals surface area contributed by atoms with Gasteiger partial charge in [-0.25, -0.2) is 4.39 Å². The third-order valence-corrected chi connectivity index (χ3v) is 3.68. The zero-order valence-corrected chi connectivity index (χ0v) is 12.3. The molecule has 1 atom stereocenters. The monoisotopic (exact) mass is 280 g/mol. The van der Waals surface area contributed by atoms with E-state index in [1.54, 1.807) is 6.07 Å². The molecule has 112 valence electrons. The van der Waals surface area contributed by atoms with Crippen LogP contribution in [-0.4, -0.2) is 37.2 Å². The molecule has 0 saturated carbocycles. The molecule has 0 spiro atoms. The quantitative estimate of drug-likeness (QED) is 0.870. The average Bonchev–Trinajstić information content (AvgIpc) is 2.42. The van der Waals surface area contributed by atoms with Crippen molar-refractivity contribution in [3.05, 3.63) is 29.6 Å². The molecule has 4 heteroatoms. The first-order valence-corrected chi connectivity index (χ1v) is 7.54. The second-order valence-electron chi connectivity index (χ2n) is 5.68. The summed E-state index contributed by atoms with van der Waals surface area (Å²) in [5, 5.41) is 0. The zero-order chi connectivity index (χ0) is 14.4. The number of nitrogens with zero attached hydrogens (tertiary/aromatic N) is 1. The second-order valence-corrected chi connectivity index (χ2v) is 5.68. The Kier molecular flexibility index (Phi) is 5.80. The largest absolute Gasteiger partial charge is 0.492 e. The van der Waals surface area contributed by atoms with Crippen molar-refractivity contribution in [2.24, 2.45) is 5.73 Å². The summed E-state index contributed by atoms with van der Waals surface area (Å²) < 4.78 is 19.1. The van der Waals surface area contributed by atoms with Crippen LogP contribution in [0, 0.1) is 5.82 Å².